The number of aromatic nitrogens is 2. The third kappa shape index (κ3) is 2.74. The predicted octanol–water partition coefficient (Wildman–Crippen LogP) is 3.71. The molecular formula is C14H16ClN3S. The molecule has 2 aromatic rings. The Morgan fingerprint density at radius 3 is 3.16 bits per heavy atom. The molecule has 3 heterocycles. The Bertz CT molecular complexity index is 582. The van der Waals surface area contributed by atoms with Crippen LogP contribution in [0, 0.1) is 0 Å². The zero-order valence-electron chi connectivity index (χ0n) is 10.9. The smallest absolute Gasteiger partial charge is 0.134 e. The highest BCUT2D eigenvalue weighted by Crippen LogP contribution is 2.27. The van der Waals surface area contributed by atoms with E-state index in [1.807, 2.05) is 17.4 Å². The van der Waals surface area contributed by atoms with Crippen molar-refractivity contribution < 1.29 is 0 Å². The molecule has 5 heteroatoms. The standard InChI is InChI=1S/C14H16ClN3S/c1-2-3-13-16-12(15)8-14(17-13)18-6-4-11-10(9-18)5-7-19-11/h5,7-8H,2-4,6,9H2,1H3. The second kappa shape index (κ2) is 5.47. The lowest BCUT2D eigenvalue weighted by Crippen LogP contribution is -2.30. The summed E-state index contributed by atoms with van der Waals surface area (Å²) in [6, 6.07) is 4.08. The van der Waals surface area contributed by atoms with E-state index < -0.39 is 0 Å². The van der Waals surface area contributed by atoms with Crippen molar-refractivity contribution in [1.29, 1.82) is 0 Å². The second-order valence-corrected chi connectivity index (χ2v) is 6.14. The van der Waals surface area contributed by atoms with Crippen LogP contribution in [0.1, 0.15) is 29.6 Å². The molecule has 0 aromatic carbocycles. The number of halogens is 1. The van der Waals surface area contributed by atoms with Crippen LogP contribution in [0.3, 0.4) is 0 Å². The minimum Gasteiger partial charge on any atom is -0.352 e. The highest BCUT2D eigenvalue weighted by Gasteiger charge is 2.19. The highest BCUT2D eigenvalue weighted by atomic mass is 35.5. The van der Waals surface area contributed by atoms with E-state index in [2.05, 4.69) is 33.2 Å². The molecule has 100 valence electrons. The van der Waals surface area contributed by atoms with Gasteiger partial charge >= 0.3 is 0 Å². The number of hydrogen-bond acceptors (Lipinski definition) is 4. The zero-order chi connectivity index (χ0) is 13.2. The van der Waals surface area contributed by atoms with E-state index in [4.69, 9.17) is 11.6 Å². The van der Waals surface area contributed by atoms with Crippen molar-refractivity contribution >= 4 is 28.8 Å². The van der Waals surface area contributed by atoms with Gasteiger partial charge in [-0.15, -0.1) is 11.3 Å². The summed E-state index contributed by atoms with van der Waals surface area (Å²) < 4.78 is 0. The third-order valence-electron chi connectivity index (χ3n) is 3.33. The molecule has 0 atom stereocenters. The molecule has 19 heavy (non-hydrogen) atoms. The summed E-state index contributed by atoms with van der Waals surface area (Å²) in [5.41, 5.74) is 1.42. The Morgan fingerprint density at radius 1 is 1.42 bits per heavy atom. The lowest BCUT2D eigenvalue weighted by Gasteiger charge is -2.28. The molecule has 0 radical (unpaired) electrons. The first kappa shape index (κ1) is 12.9. The average Bonchev–Trinajstić information content (AvgIpc) is 2.85. The Hall–Kier alpha value is -1.13. The topological polar surface area (TPSA) is 29.0 Å². The first-order valence-electron chi connectivity index (χ1n) is 6.60. The van der Waals surface area contributed by atoms with Crippen molar-refractivity contribution in [1.82, 2.24) is 9.97 Å². The maximum Gasteiger partial charge on any atom is 0.134 e. The molecule has 2 aromatic heterocycles. The molecule has 1 aliphatic rings. The van der Waals surface area contributed by atoms with E-state index >= 15 is 0 Å². The van der Waals surface area contributed by atoms with E-state index in [0.717, 1.165) is 44.0 Å². The van der Waals surface area contributed by atoms with E-state index in [1.165, 1.54) is 10.4 Å². The van der Waals surface area contributed by atoms with Gasteiger partial charge in [0.1, 0.15) is 16.8 Å². The van der Waals surface area contributed by atoms with E-state index in [-0.39, 0.29) is 0 Å². The van der Waals surface area contributed by atoms with Crippen molar-refractivity contribution in [3.05, 3.63) is 38.9 Å². The molecule has 3 rings (SSSR count). The number of fused-ring (bicyclic) bond motifs is 1. The summed E-state index contributed by atoms with van der Waals surface area (Å²) in [4.78, 5) is 12.7. The summed E-state index contributed by atoms with van der Waals surface area (Å²) in [6.45, 7) is 4.06. The van der Waals surface area contributed by atoms with Gasteiger partial charge in [-0.3, -0.25) is 0 Å². The summed E-state index contributed by atoms with van der Waals surface area (Å²) in [5.74, 6) is 1.81. The number of nitrogens with zero attached hydrogens (tertiary/aromatic N) is 3. The number of thiophene rings is 1. The molecule has 1 aliphatic heterocycles. The minimum absolute atomic E-state index is 0.546. The van der Waals surface area contributed by atoms with Gasteiger partial charge in [0.25, 0.3) is 0 Å². The van der Waals surface area contributed by atoms with Gasteiger partial charge in [-0.1, -0.05) is 18.5 Å². The fourth-order valence-corrected chi connectivity index (χ4v) is 3.48. The van der Waals surface area contributed by atoms with Crippen LogP contribution < -0.4 is 4.90 Å². The molecule has 0 saturated heterocycles. The quantitative estimate of drug-likeness (QED) is 0.808. The molecule has 0 aliphatic carbocycles. The van der Waals surface area contributed by atoms with E-state index in [1.54, 1.807) is 0 Å². The summed E-state index contributed by atoms with van der Waals surface area (Å²) in [7, 11) is 0. The normalized spacial score (nSPS) is 14.5. The molecular weight excluding hydrogens is 278 g/mol. The Morgan fingerprint density at radius 2 is 2.32 bits per heavy atom. The largest absolute Gasteiger partial charge is 0.352 e. The van der Waals surface area contributed by atoms with Crippen LogP contribution >= 0.6 is 22.9 Å². The summed E-state index contributed by atoms with van der Waals surface area (Å²) >= 11 is 7.96. The fourth-order valence-electron chi connectivity index (χ4n) is 2.39. The lowest BCUT2D eigenvalue weighted by atomic mass is 10.1. The first-order valence-corrected chi connectivity index (χ1v) is 7.85. The highest BCUT2D eigenvalue weighted by molar-refractivity contribution is 7.10. The summed E-state index contributed by atoms with van der Waals surface area (Å²) in [5, 5.41) is 2.72. The number of aryl methyl sites for hydroxylation is 1. The van der Waals surface area contributed by atoms with E-state index in [9.17, 15) is 0 Å². The molecule has 0 unspecified atom stereocenters. The van der Waals surface area contributed by atoms with Crippen LogP contribution in [0.4, 0.5) is 5.82 Å². The third-order valence-corrected chi connectivity index (χ3v) is 4.55. The van der Waals surface area contributed by atoms with Gasteiger partial charge in [0.2, 0.25) is 0 Å². The lowest BCUT2D eigenvalue weighted by molar-refractivity contribution is 0.721. The van der Waals surface area contributed by atoms with Crippen LogP contribution in [0.25, 0.3) is 0 Å². The zero-order valence-corrected chi connectivity index (χ0v) is 12.5. The number of rotatable bonds is 3. The Labute approximate surface area is 122 Å². The van der Waals surface area contributed by atoms with Gasteiger partial charge in [-0.25, -0.2) is 9.97 Å². The van der Waals surface area contributed by atoms with Crippen molar-refractivity contribution in [2.45, 2.75) is 32.7 Å². The summed E-state index contributed by atoms with van der Waals surface area (Å²) in [6.07, 6.45) is 3.01. The van der Waals surface area contributed by atoms with Crippen molar-refractivity contribution in [2.75, 3.05) is 11.4 Å². The molecule has 3 nitrogen and oxygen atoms in total. The van der Waals surface area contributed by atoms with Crippen LogP contribution in [-0.4, -0.2) is 16.5 Å². The van der Waals surface area contributed by atoms with Crippen LogP contribution in [0.15, 0.2) is 17.5 Å². The van der Waals surface area contributed by atoms with Gasteiger partial charge in [-0.05, 0) is 29.9 Å². The van der Waals surface area contributed by atoms with Crippen LogP contribution in [0.5, 0.6) is 0 Å². The second-order valence-electron chi connectivity index (χ2n) is 4.76. The van der Waals surface area contributed by atoms with Crippen molar-refractivity contribution in [3.8, 4) is 0 Å². The van der Waals surface area contributed by atoms with Crippen molar-refractivity contribution in [3.63, 3.8) is 0 Å². The SMILES string of the molecule is CCCc1nc(Cl)cc(N2CCc3sccc3C2)n1. The first-order chi connectivity index (χ1) is 9.26. The van der Waals surface area contributed by atoms with Gasteiger partial charge < -0.3 is 4.90 Å². The Kier molecular flexibility index (Phi) is 3.71. The molecule has 0 bridgehead atoms. The molecule has 0 saturated carbocycles. The number of anilines is 1. The average molecular weight is 294 g/mol. The fraction of sp³-hybridized carbons (Fsp3) is 0.429. The van der Waals surface area contributed by atoms with Gasteiger partial charge in [0.05, 0.1) is 0 Å². The Balaban J connectivity index is 1.87. The monoisotopic (exact) mass is 293 g/mol. The molecule has 0 N–H and O–H groups in total. The van der Waals surface area contributed by atoms with Crippen LogP contribution in [0.2, 0.25) is 5.15 Å². The van der Waals surface area contributed by atoms with Gasteiger partial charge in [0, 0.05) is 30.5 Å². The molecule has 0 fully saturated rings. The van der Waals surface area contributed by atoms with Gasteiger partial charge in [-0.2, -0.15) is 0 Å². The van der Waals surface area contributed by atoms with Crippen molar-refractivity contribution in [2.24, 2.45) is 0 Å². The van der Waals surface area contributed by atoms with Gasteiger partial charge in [0.15, 0.2) is 0 Å². The van der Waals surface area contributed by atoms with Crippen LogP contribution in [-0.2, 0) is 19.4 Å². The molecule has 0 spiro atoms. The van der Waals surface area contributed by atoms with E-state index in [0.29, 0.717) is 5.15 Å². The minimum atomic E-state index is 0.546. The maximum absolute atomic E-state index is 6.11. The predicted molar refractivity (Wildman–Crippen MR) is 80.1 cm³/mol. The molecule has 0 amide bonds. The maximum atomic E-state index is 6.11. The number of hydrogen-bond donors (Lipinski definition) is 0.